The van der Waals surface area contributed by atoms with Crippen molar-refractivity contribution < 1.29 is 9.18 Å². The maximum Gasteiger partial charge on any atom is 0.159 e. The first-order valence-corrected chi connectivity index (χ1v) is 6.09. The van der Waals surface area contributed by atoms with Gasteiger partial charge in [-0.25, -0.2) is 4.39 Å². The van der Waals surface area contributed by atoms with Crippen LogP contribution in [0.1, 0.15) is 22.8 Å². The van der Waals surface area contributed by atoms with E-state index in [0.717, 1.165) is 5.56 Å². The maximum atomic E-state index is 13.0. The Morgan fingerprint density at radius 3 is 2.30 bits per heavy atom. The lowest BCUT2D eigenvalue weighted by molar-refractivity contribution is 0.101. The standard InChI is InChI=1S/C16H15FN2O/c1-10(12-3-5-13(6-4-12)11(2)20)19-16-8-7-14(17)9-15(16)18/h3-9,19H,1,18H2,2H3. The molecule has 102 valence electrons. The van der Waals surface area contributed by atoms with Crippen LogP contribution in [0.5, 0.6) is 0 Å². The fraction of sp³-hybridized carbons (Fsp3) is 0.0625. The molecule has 0 radical (unpaired) electrons. The Morgan fingerprint density at radius 1 is 1.15 bits per heavy atom. The van der Waals surface area contributed by atoms with Gasteiger partial charge in [-0.1, -0.05) is 30.8 Å². The van der Waals surface area contributed by atoms with Gasteiger partial charge in [-0.15, -0.1) is 0 Å². The molecule has 0 aromatic heterocycles. The Morgan fingerprint density at radius 2 is 1.75 bits per heavy atom. The SMILES string of the molecule is C=C(Nc1ccc(F)cc1N)c1ccc(C(C)=O)cc1. The van der Waals surface area contributed by atoms with Crippen LogP contribution in [-0.2, 0) is 0 Å². The minimum atomic E-state index is -0.385. The largest absolute Gasteiger partial charge is 0.397 e. The van der Waals surface area contributed by atoms with Gasteiger partial charge >= 0.3 is 0 Å². The van der Waals surface area contributed by atoms with E-state index >= 15 is 0 Å². The summed E-state index contributed by atoms with van der Waals surface area (Å²) in [5.74, 6) is -0.373. The quantitative estimate of drug-likeness (QED) is 0.658. The Bertz CT molecular complexity index is 663. The van der Waals surface area contributed by atoms with E-state index in [0.29, 0.717) is 22.6 Å². The first-order chi connectivity index (χ1) is 9.47. The van der Waals surface area contributed by atoms with Crippen LogP contribution in [0.4, 0.5) is 15.8 Å². The number of hydrogen-bond acceptors (Lipinski definition) is 3. The van der Waals surface area contributed by atoms with Gasteiger partial charge in [-0.05, 0) is 30.7 Å². The second-order valence-electron chi connectivity index (χ2n) is 4.47. The molecular formula is C16H15FN2O. The third kappa shape index (κ3) is 3.03. The molecule has 0 spiro atoms. The number of anilines is 2. The van der Waals surface area contributed by atoms with E-state index in [9.17, 15) is 9.18 Å². The van der Waals surface area contributed by atoms with Crippen molar-refractivity contribution in [2.75, 3.05) is 11.1 Å². The molecule has 0 aliphatic carbocycles. The van der Waals surface area contributed by atoms with Crippen LogP contribution in [0.25, 0.3) is 5.70 Å². The molecule has 0 amide bonds. The minimum Gasteiger partial charge on any atom is -0.397 e. The van der Waals surface area contributed by atoms with Crippen molar-refractivity contribution in [1.82, 2.24) is 0 Å². The van der Waals surface area contributed by atoms with Gasteiger partial charge < -0.3 is 11.1 Å². The highest BCUT2D eigenvalue weighted by molar-refractivity contribution is 5.94. The number of ketones is 1. The van der Waals surface area contributed by atoms with E-state index in [1.165, 1.54) is 19.1 Å². The zero-order valence-electron chi connectivity index (χ0n) is 11.1. The number of halogens is 1. The molecule has 2 aromatic carbocycles. The third-order valence-electron chi connectivity index (χ3n) is 2.94. The monoisotopic (exact) mass is 270 g/mol. The lowest BCUT2D eigenvalue weighted by Crippen LogP contribution is -2.01. The van der Waals surface area contributed by atoms with Gasteiger partial charge in [0.15, 0.2) is 5.78 Å². The fourth-order valence-corrected chi connectivity index (χ4v) is 1.79. The molecule has 0 aliphatic heterocycles. The number of nitrogens with one attached hydrogen (secondary N) is 1. The van der Waals surface area contributed by atoms with Crippen LogP contribution in [0, 0.1) is 5.82 Å². The average molecular weight is 270 g/mol. The highest BCUT2D eigenvalue weighted by Crippen LogP contribution is 2.23. The molecule has 0 atom stereocenters. The number of carbonyl (C=O) groups excluding carboxylic acids is 1. The number of hydrogen-bond donors (Lipinski definition) is 2. The Balaban J connectivity index is 2.17. The van der Waals surface area contributed by atoms with Crippen molar-refractivity contribution in [3.05, 3.63) is 66.0 Å². The molecular weight excluding hydrogens is 255 g/mol. The van der Waals surface area contributed by atoms with E-state index in [1.807, 2.05) is 0 Å². The van der Waals surface area contributed by atoms with E-state index in [2.05, 4.69) is 11.9 Å². The summed E-state index contributed by atoms with van der Waals surface area (Å²) in [6, 6.07) is 11.2. The number of nitrogens with two attached hydrogens (primary N) is 1. The van der Waals surface area contributed by atoms with Gasteiger partial charge in [0.05, 0.1) is 11.4 Å². The minimum absolute atomic E-state index is 0.0119. The second kappa shape index (κ2) is 5.57. The van der Waals surface area contributed by atoms with Gasteiger partial charge in [-0.3, -0.25) is 4.79 Å². The summed E-state index contributed by atoms with van der Waals surface area (Å²) in [5.41, 5.74) is 8.72. The zero-order chi connectivity index (χ0) is 14.7. The lowest BCUT2D eigenvalue weighted by atomic mass is 10.1. The van der Waals surface area contributed by atoms with Crippen LogP contribution < -0.4 is 11.1 Å². The molecule has 0 bridgehead atoms. The topological polar surface area (TPSA) is 55.1 Å². The molecule has 3 N–H and O–H groups in total. The van der Waals surface area contributed by atoms with Crippen LogP contribution in [0.2, 0.25) is 0 Å². The van der Waals surface area contributed by atoms with Crippen LogP contribution in [0.15, 0.2) is 49.0 Å². The summed E-state index contributed by atoms with van der Waals surface area (Å²) in [4.78, 5) is 11.2. The summed E-state index contributed by atoms with van der Waals surface area (Å²) in [5, 5.41) is 3.03. The summed E-state index contributed by atoms with van der Waals surface area (Å²) in [6.07, 6.45) is 0. The predicted molar refractivity (Wildman–Crippen MR) is 79.9 cm³/mol. The smallest absolute Gasteiger partial charge is 0.159 e. The number of rotatable bonds is 4. The van der Waals surface area contributed by atoms with E-state index in [1.54, 1.807) is 30.3 Å². The van der Waals surface area contributed by atoms with Crippen LogP contribution >= 0.6 is 0 Å². The Labute approximate surface area is 116 Å². The van der Waals surface area contributed by atoms with Crippen molar-refractivity contribution in [3.63, 3.8) is 0 Å². The highest BCUT2D eigenvalue weighted by Gasteiger charge is 2.05. The van der Waals surface area contributed by atoms with Gasteiger partial charge in [0, 0.05) is 11.3 Å². The van der Waals surface area contributed by atoms with Gasteiger partial charge in [0.1, 0.15) is 5.82 Å². The molecule has 2 aromatic rings. The number of benzene rings is 2. The van der Waals surface area contributed by atoms with E-state index in [-0.39, 0.29) is 11.6 Å². The average Bonchev–Trinajstić information content (AvgIpc) is 2.42. The number of Topliss-reactive ketones (excluding diaryl/α,β-unsaturated/α-hetero) is 1. The highest BCUT2D eigenvalue weighted by atomic mass is 19.1. The van der Waals surface area contributed by atoms with Crippen LogP contribution in [0.3, 0.4) is 0 Å². The first kappa shape index (κ1) is 13.8. The van der Waals surface area contributed by atoms with Crippen molar-refractivity contribution >= 4 is 22.9 Å². The first-order valence-electron chi connectivity index (χ1n) is 6.09. The predicted octanol–water partition coefficient (Wildman–Crippen LogP) is 3.69. The molecule has 2 rings (SSSR count). The second-order valence-corrected chi connectivity index (χ2v) is 4.47. The molecule has 3 nitrogen and oxygen atoms in total. The van der Waals surface area contributed by atoms with Crippen LogP contribution in [-0.4, -0.2) is 5.78 Å². The molecule has 0 aliphatic rings. The van der Waals surface area contributed by atoms with E-state index < -0.39 is 0 Å². The lowest BCUT2D eigenvalue weighted by Gasteiger charge is -2.12. The van der Waals surface area contributed by atoms with Gasteiger partial charge in [-0.2, -0.15) is 0 Å². The molecule has 0 saturated carbocycles. The maximum absolute atomic E-state index is 13.0. The molecule has 0 heterocycles. The van der Waals surface area contributed by atoms with Gasteiger partial charge in [0.25, 0.3) is 0 Å². The normalized spacial score (nSPS) is 10.1. The molecule has 0 saturated heterocycles. The van der Waals surface area contributed by atoms with Crippen molar-refractivity contribution in [2.24, 2.45) is 0 Å². The summed E-state index contributed by atoms with van der Waals surface area (Å²) >= 11 is 0. The van der Waals surface area contributed by atoms with Crippen molar-refractivity contribution in [3.8, 4) is 0 Å². The zero-order valence-corrected chi connectivity index (χ0v) is 11.1. The number of carbonyl (C=O) groups is 1. The molecule has 20 heavy (non-hydrogen) atoms. The fourth-order valence-electron chi connectivity index (χ4n) is 1.79. The number of nitrogen functional groups attached to an aromatic ring is 1. The summed E-state index contributed by atoms with van der Waals surface area (Å²) in [7, 11) is 0. The van der Waals surface area contributed by atoms with Crippen molar-refractivity contribution in [2.45, 2.75) is 6.92 Å². The Kier molecular flexibility index (Phi) is 3.84. The van der Waals surface area contributed by atoms with E-state index in [4.69, 9.17) is 5.73 Å². The molecule has 0 unspecified atom stereocenters. The molecule has 0 fully saturated rings. The van der Waals surface area contributed by atoms with Gasteiger partial charge in [0.2, 0.25) is 0 Å². The molecule has 4 heteroatoms. The third-order valence-corrected chi connectivity index (χ3v) is 2.94. The summed E-state index contributed by atoms with van der Waals surface area (Å²) < 4.78 is 13.0. The Hall–Kier alpha value is -2.62. The van der Waals surface area contributed by atoms with Crippen molar-refractivity contribution in [1.29, 1.82) is 0 Å². The summed E-state index contributed by atoms with van der Waals surface area (Å²) in [6.45, 7) is 5.43.